The Bertz CT molecular complexity index is 578. The number of nitriles is 1. The normalized spacial score (nSPS) is 30.0. The SMILES string of the molecule is CC(C)(C#N)CCS(=O)(=O)N1C[C@@H]2CCC[C@@]2(C(=O)O)C1. The highest BCUT2D eigenvalue weighted by Crippen LogP contribution is 2.49. The number of carboxylic acid groups (broad SMARTS) is 1. The molecule has 1 saturated heterocycles. The van der Waals surface area contributed by atoms with Gasteiger partial charge >= 0.3 is 5.97 Å². The van der Waals surface area contributed by atoms with Crippen LogP contribution >= 0.6 is 0 Å². The molecule has 1 saturated carbocycles. The van der Waals surface area contributed by atoms with Crippen molar-refractivity contribution >= 4 is 16.0 Å². The van der Waals surface area contributed by atoms with Crippen molar-refractivity contribution in [2.75, 3.05) is 18.8 Å². The molecule has 0 amide bonds. The van der Waals surface area contributed by atoms with E-state index in [2.05, 4.69) is 6.07 Å². The van der Waals surface area contributed by atoms with Crippen LogP contribution in [-0.4, -0.2) is 42.6 Å². The van der Waals surface area contributed by atoms with E-state index in [1.54, 1.807) is 13.8 Å². The maximum absolute atomic E-state index is 12.4. The molecule has 1 N–H and O–H groups in total. The summed E-state index contributed by atoms with van der Waals surface area (Å²) in [6.07, 6.45) is 2.45. The van der Waals surface area contributed by atoms with Crippen LogP contribution in [0.25, 0.3) is 0 Å². The molecule has 0 radical (unpaired) electrons. The molecule has 0 spiro atoms. The van der Waals surface area contributed by atoms with E-state index in [4.69, 9.17) is 5.26 Å². The minimum atomic E-state index is -3.50. The molecule has 2 rings (SSSR count). The molecule has 0 unspecified atom stereocenters. The van der Waals surface area contributed by atoms with Gasteiger partial charge in [0.2, 0.25) is 10.0 Å². The van der Waals surface area contributed by atoms with Gasteiger partial charge in [-0.1, -0.05) is 6.42 Å². The molecule has 21 heavy (non-hydrogen) atoms. The molecule has 1 heterocycles. The van der Waals surface area contributed by atoms with Crippen LogP contribution in [0.4, 0.5) is 0 Å². The van der Waals surface area contributed by atoms with Gasteiger partial charge in [-0.3, -0.25) is 4.79 Å². The number of rotatable bonds is 5. The van der Waals surface area contributed by atoms with Crippen LogP contribution < -0.4 is 0 Å². The van der Waals surface area contributed by atoms with Crippen molar-refractivity contribution in [2.24, 2.45) is 16.7 Å². The highest BCUT2D eigenvalue weighted by molar-refractivity contribution is 7.89. The summed E-state index contributed by atoms with van der Waals surface area (Å²) in [5, 5.41) is 18.5. The van der Waals surface area contributed by atoms with E-state index in [-0.39, 0.29) is 24.6 Å². The van der Waals surface area contributed by atoms with Crippen LogP contribution in [0, 0.1) is 28.1 Å². The third-order valence-electron chi connectivity index (χ3n) is 4.95. The van der Waals surface area contributed by atoms with Gasteiger partial charge in [0.25, 0.3) is 0 Å². The topological polar surface area (TPSA) is 98.5 Å². The fourth-order valence-electron chi connectivity index (χ4n) is 3.37. The van der Waals surface area contributed by atoms with Gasteiger partial charge in [-0.25, -0.2) is 12.7 Å². The molecule has 1 aliphatic carbocycles. The van der Waals surface area contributed by atoms with E-state index in [0.29, 0.717) is 13.0 Å². The summed E-state index contributed by atoms with van der Waals surface area (Å²) in [4.78, 5) is 11.6. The van der Waals surface area contributed by atoms with Crippen LogP contribution in [0.15, 0.2) is 0 Å². The Labute approximate surface area is 125 Å². The summed E-state index contributed by atoms with van der Waals surface area (Å²) in [6, 6.07) is 2.09. The van der Waals surface area contributed by atoms with Crippen molar-refractivity contribution in [3.63, 3.8) is 0 Å². The van der Waals surface area contributed by atoms with Crippen molar-refractivity contribution in [1.29, 1.82) is 5.26 Å². The highest BCUT2D eigenvalue weighted by Gasteiger charge is 2.56. The van der Waals surface area contributed by atoms with Crippen molar-refractivity contribution < 1.29 is 18.3 Å². The maximum atomic E-state index is 12.4. The number of aliphatic carboxylic acids is 1. The lowest BCUT2D eigenvalue weighted by Crippen LogP contribution is -2.38. The average Bonchev–Trinajstić information content (AvgIpc) is 2.94. The first-order chi connectivity index (χ1) is 9.63. The van der Waals surface area contributed by atoms with Crippen LogP contribution in [0.1, 0.15) is 39.5 Å². The summed E-state index contributed by atoms with van der Waals surface area (Å²) in [7, 11) is -3.50. The fraction of sp³-hybridized carbons (Fsp3) is 0.857. The number of hydrogen-bond donors (Lipinski definition) is 1. The average molecular weight is 314 g/mol. The zero-order chi connectivity index (χ0) is 15.9. The van der Waals surface area contributed by atoms with Crippen molar-refractivity contribution in [1.82, 2.24) is 4.31 Å². The third-order valence-corrected chi connectivity index (χ3v) is 6.73. The number of nitrogens with zero attached hydrogens (tertiary/aromatic N) is 2. The van der Waals surface area contributed by atoms with Crippen LogP contribution in [0.5, 0.6) is 0 Å². The largest absolute Gasteiger partial charge is 0.481 e. The van der Waals surface area contributed by atoms with Gasteiger partial charge in [0, 0.05) is 13.1 Å². The second-order valence-corrected chi connectivity index (χ2v) is 8.99. The molecule has 6 nitrogen and oxygen atoms in total. The lowest BCUT2D eigenvalue weighted by molar-refractivity contribution is -0.149. The van der Waals surface area contributed by atoms with Crippen LogP contribution in [-0.2, 0) is 14.8 Å². The third kappa shape index (κ3) is 2.92. The smallest absolute Gasteiger partial charge is 0.311 e. The number of carboxylic acids is 1. The monoisotopic (exact) mass is 314 g/mol. The summed E-state index contributed by atoms with van der Waals surface area (Å²) in [5.74, 6) is -1.05. The van der Waals surface area contributed by atoms with Gasteiger partial charge < -0.3 is 5.11 Å². The standard InChI is InChI=1S/C14H22N2O4S/c1-13(2,9-15)6-7-21(19,20)16-8-11-4-3-5-14(11,10-16)12(17)18/h11H,3-8,10H2,1-2H3,(H,17,18)/t11-,14+/m0/s1. The Hall–Kier alpha value is -1.13. The summed E-state index contributed by atoms with van der Waals surface area (Å²) in [5.41, 5.74) is -1.58. The fourth-order valence-corrected chi connectivity index (χ4v) is 5.23. The molecular weight excluding hydrogens is 292 g/mol. The van der Waals surface area contributed by atoms with E-state index < -0.39 is 26.8 Å². The van der Waals surface area contributed by atoms with Crippen molar-refractivity contribution in [3.05, 3.63) is 0 Å². The van der Waals surface area contributed by atoms with Gasteiger partial charge in [-0.15, -0.1) is 0 Å². The van der Waals surface area contributed by atoms with E-state index in [1.165, 1.54) is 4.31 Å². The minimum Gasteiger partial charge on any atom is -0.481 e. The molecule has 7 heteroatoms. The van der Waals surface area contributed by atoms with E-state index in [1.807, 2.05) is 0 Å². The Kier molecular flexibility index (Phi) is 4.06. The number of hydrogen-bond acceptors (Lipinski definition) is 4. The number of carbonyl (C=O) groups is 1. The molecule has 2 atom stereocenters. The van der Waals surface area contributed by atoms with Crippen LogP contribution in [0.2, 0.25) is 0 Å². The molecule has 0 bridgehead atoms. The van der Waals surface area contributed by atoms with E-state index in [9.17, 15) is 18.3 Å². The number of fused-ring (bicyclic) bond motifs is 1. The zero-order valence-corrected chi connectivity index (χ0v) is 13.3. The Balaban J connectivity index is 2.10. The summed E-state index contributed by atoms with van der Waals surface area (Å²) in [6.45, 7) is 3.81. The zero-order valence-electron chi connectivity index (χ0n) is 12.5. The highest BCUT2D eigenvalue weighted by atomic mass is 32.2. The first kappa shape index (κ1) is 16.2. The predicted octanol–water partition coefficient (Wildman–Crippen LogP) is 1.44. The van der Waals surface area contributed by atoms with Gasteiger partial charge in [0.05, 0.1) is 22.7 Å². The molecule has 1 aliphatic heterocycles. The number of sulfonamides is 1. The molecule has 2 fully saturated rings. The molecule has 0 aromatic heterocycles. The quantitative estimate of drug-likeness (QED) is 0.828. The van der Waals surface area contributed by atoms with Gasteiger partial charge in [0.1, 0.15) is 0 Å². The Morgan fingerprint density at radius 1 is 1.52 bits per heavy atom. The predicted molar refractivity (Wildman–Crippen MR) is 76.8 cm³/mol. The van der Waals surface area contributed by atoms with Gasteiger partial charge in [-0.05, 0) is 39.0 Å². The second kappa shape index (κ2) is 5.25. The molecule has 118 valence electrons. The molecular formula is C14H22N2O4S. The summed E-state index contributed by atoms with van der Waals surface area (Å²) >= 11 is 0. The molecule has 0 aromatic rings. The van der Waals surface area contributed by atoms with Crippen LogP contribution in [0.3, 0.4) is 0 Å². The molecule has 0 aromatic carbocycles. The lowest BCUT2D eigenvalue weighted by atomic mass is 9.81. The van der Waals surface area contributed by atoms with Crippen molar-refractivity contribution in [3.8, 4) is 6.07 Å². The summed E-state index contributed by atoms with van der Waals surface area (Å²) < 4.78 is 26.2. The Morgan fingerprint density at radius 3 is 2.71 bits per heavy atom. The van der Waals surface area contributed by atoms with E-state index >= 15 is 0 Å². The van der Waals surface area contributed by atoms with Crippen molar-refractivity contribution in [2.45, 2.75) is 39.5 Å². The second-order valence-electron chi connectivity index (χ2n) is 6.90. The lowest BCUT2D eigenvalue weighted by Gasteiger charge is -2.24. The Morgan fingerprint density at radius 2 is 2.19 bits per heavy atom. The maximum Gasteiger partial charge on any atom is 0.311 e. The molecule has 2 aliphatic rings. The first-order valence-corrected chi connectivity index (χ1v) is 8.86. The van der Waals surface area contributed by atoms with E-state index in [0.717, 1.165) is 12.8 Å². The minimum absolute atomic E-state index is 0.0752. The van der Waals surface area contributed by atoms with Gasteiger partial charge in [-0.2, -0.15) is 5.26 Å². The first-order valence-electron chi connectivity index (χ1n) is 7.25. The van der Waals surface area contributed by atoms with Gasteiger partial charge in [0.15, 0.2) is 0 Å².